The summed E-state index contributed by atoms with van der Waals surface area (Å²) >= 11 is 0. The predicted molar refractivity (Wildman–Crippen MR) is 175 cm³/mol. The van der Waals surface area contributed by atoms with Crippen LogP contribution in [0.5, 0.6) is 0 Å². The molecule has 2 aliphatic rings. The monoisotopic (exact) mass is 525 g/mol. The number of nitrogens with zero attached hydrogens (tertiary/aromatic N) is 1. The van der Waals surface area contributed by atoms with Crippen LogP contribution in [0.2, 0.25) is 0 Å². The minimum Gasteiger partial charge on any atom is -0.309 e. The van der Waals surface area contributed by atoms with Gasteiger partial charge in [-0.1, -0.05) is 117 Å². The third-order valence-electron chi connectivity index (χ3n) is 8.97. The van der Waals surface area contributed by atoms with Crippen LogP contribution in [0.4, 0.5) is 0 Å². The van der Waals surface area contributed by atoms with Crippen LogP contribution in [-0.4, -0.2) is 4.57 Å². The van der Waals surface area contributed by atoms with E-state index in [0.29, 0.717) is 0 Å². The van der Waals surface area contributed by atoms with E-state index in [4.69, 9.17) is 0 Å². The molecular formula is C40H31N. The molecule has 5 aromatic carbocycles. The van der Waals surface area contributed by atoms with Crippen molar-refractivity contribution in [3.05, 3.63) is 156 Å². The van der Waals surface area contributed by atoms with E-state index in [1.165, 1.54) is 72.0 Å². The van der Waals surface area contributed by atoms with E-state index in [2.05, 4.69) is 158 Å². The Kier molecular flexibility index (Phi) is 5.30. The summed E-state index contributed by atoms with van der Waals surface area (Å²) in [6, 6.07) is 40.5. The molecule has 0 saturated carbocycles. The lowest BCUT2D eigenvalue weighted by Gasteiger charge is -2.22. The Bertz CT molecular complexity index is 2080. The number of hydrogen-bond acceptors (Lipinski definition) is 0. The first-order chi connectivity index (χ1) is 20.1. The predicted octanol–water partition coefficient (Wildman–Crippen LogP) is 10.7. The maximum atomic E-state index is 2.48. The highest BCUT2D eigenvalue weighted by molar-refractivity contribution is 6.11. The average Bonchev–Trinajstić information content (AvgIpc) is 3.26. The van der Waals surface area contributed by atoms with Crippen LogP contribution in [0.3, 0.4) is 0 Å². The highest BCUT2D eigenvalue weighted by Crippen LogP contribution is 2.51. The zero-order chi connectivity index (χ0) is 27.6. The Morgan fingerprint density at radius 1 is 0.585 bits per heavy atom. The number of fused-ring (bicyclic) bond motifs is 6. The first-order valence-corrected chi connectivity index (χ1v) is 14.5. The highest BCUT2D eigenvalue weighted by atomic mass is 15.0. The lowest BCUT2D eigenvalue weighted by atomic mass is 9.82. The molecule has 0 N–H and O–H groups in total. The van der Waals surface area contributed by atoms with Gasteiger partial charge in [-0.3, -0.25) is 0 Å². The van der Waals surface area contributed by atoms with Crippen molar-refractivity contribution >= 4 is 27.4 Å². The van der Waals surface area contributed by atoms with E-state index in [1.807, 2.05) is 0 Å². The number of para-hydroxylation sites is 1. The van der Waals surface area contributed by atoms with Crippen molar-refractivity contribution in [2.75, 3.05) is 0 Å². The maximum absolute atomic E-state index is 2.48. The summed E-state index contributed by atoms with van der Waals surface area (Å²) in [5.41, 5.74) is 14.1. The summed E-state index contributed by atoms with van der Waals surface area (Å²) in [5.74, 6) is 0. The van der Waals surface area contributed by atoms with Crippen LogP contribution in [0.15, 0.2) is 140 Å². The molecule has 0 saturated heterocycles. The second-order valence-corrected chi connectivity index (χ2v) is 11.8. The summed E-state index contributed by atoms with van der Waals surface area (Å²) in [6.45, 7) is 4.73. The first kappa shape index (κ1) is 24.0. The van der Waals surface area contributed by atoms with Crippen molar-refractivity contribution in [1.82, 2.24) is 4.57 Å². The molecule has 0 bridgehead atoms. The van der Waals surface area contributed by atoms with Gasteiger partial charge in [-0.15, -0.1) is 0 Å². The smallest absolute Gasteiger partial charge is 0.0544 e. The number of rotatable bonds is 3. The molecule has 0 amide bonds. The van der Waals surface area contributed by atoms with Gasteiger partial charge in [-0.2, -0.15) is 0 Å². The fraction of sp³-hybridized carbons (Fsp3) is 0.100. The van der Waals surface area contributed by atoms with Crippen molar-refractivity contribution in [3.63, 3.8) is 0 Å². The van der Waals surface area contributed by atoms with E-state index in [0.717, 1.165) is 6.42 Å². The van der Waals surface area contributed by atoms with Gasteiger partial charge >= 0.3 is 0 Å². The van der Waals surface area contributed by atoms with Gasteiger partial charge in [0.05, 0.1) is 11.0 Å². The average molecular weight is 526 g/mol. The molecule has 8 rings (SSSR count). The molecule has 6 aromatic rings. The van der Waals surface area contributed by atoms with Crippen LogP contribution in [0.1, 0.15) is 37.0 Å². The van der Waals surface area contributed by atoms with E-state index >= 15 is 0 Å². The molecule has 196 valence electrons. The Morgan fingerprint density at radius 3 is 2.27 bits per heavy atom. The second kappa shape index (κ2) is 9.08. The fourth-order valence-corrected chi connectivity index (χ4v) is 6.92. The number of aromatic nitrogens is 1. The third kappa shape index (κ3) is 3.69. The third-order valence-corrected chi connectivity index (χ3v) is 8.97. The summed E-state index contributed by atoms with van der Waals surface area (Å²) in [6.07, 6.45) is 12.1. The summed E-state index contributed by atoms with van der Waals surface area (Å²) in [7, 11) is 0. The summed E-state index contributed by atoms with van der Waals surface area (Å²) < 4.78 is 2.48. The molecule has 0 unspecified atom stereocenters. The lowest BCUT2D eigenvalue weighted by molar-refractivity contribution is 0.661. The number of benzene rings is 5. The normalized spacial score (nSPS) is 15.1. The molecule has 41 heavy (non-hydrogen) atoms. The van der Waals surface area contributed by atoms with Gasteiger partial charge in [0, 0.05) is 21.9 Å². The number of hydrogen-bond donors (Lipinski definition) is 0. The van der Waals surface area contributed by atoms with E-state index in [9.17, 15) is 0 Å². The van der Waals surface area contributed by atoms with Crippen LogP contribution in [0.25, 0.3) is 55.3 Å². The molecule has 0 fully saturated rings. The van der Waals surface area contributed by atoms with Gasteiger partial charge < -0.3 is 4.57 Å². The van der Waals surface area contributed by atoms with Crippen LogP contribution in [0, 0.1) is 0 Å². The van der Waals surface area contributed by atoms with Crippen molar-refractivity contribution in [3.8, 4) is 27.9 Å². The summed E-state index contributed by atoms with van der Waals surface area (Å²) in [5, 5.41) is 2.59. The second-order valence-electron chi connectivity index (χ2n) is 11.8. The Morgan fingerprint density at radius 2 is 1.37 bits per heavy atom. The van der Waals surface area contributed by atoms with Crippen molar-refractivity contribution in [2.24, 2.45) is 0 Å². The van der Waals surface area contributed by atoms with Gasteiger partial charge in [-0.05, 0) is 87.3 Å². The minimum atomic E-state index is -0.0548. The van der Waals surface area contributed by atoms with Crippen LogP contribution in [-0.2, 0) is 5.41 Å². The molecule has 1 nitrogen and oxygen atoms in total. The molecular weight excluding hydrogens is 494 g/mol. The van der Waals surface area contributed by atoms with Gasteiger partial charge in [0.25, 0.3) is 0 Å². The van der Waals surface area contributed by atoms with Crippen LogP contribution < -0.4 is 0 Å². The molecule has 0 atom stereocenters. The standard InChI is InChI=1S/C40H31N/c1-40(2)36-20-12-10-18-32(36)34-25-35-33-19-11-13-21-38(33)41(39(35)26-37(34)40)31-23-29(27-14-6-3-4-7-15-27)22-30(24-31)28-16-8-5-9-17-28/h3,5-26H,4H2,1-2H3. The van der Waals surface area contributed by atoms with Crippen LogP contribution >= 0.6 is 0 Å². The quantitative estimate of drug-likeness (QED) is 0.217. The van der Waals surface area contributed by atoms with Crippen molar-refractivity contribution in [1.29, 1.82) is 0 Å². The van der Waals surface area contributed by atoms with Crippen molar-refractivity contribution in [2.45, 2.75) is 25.7 Å². The minimum absolute atomic E-state index is 0.0548. The molecule has 1 heteroatoms. The van der Waals surface area contributed by atoms with E-state index < -0.39 is 0 Å². The molecule has 2 aliphatic carbocycles. The largest absolute Gasteiger partial charge is 0.309 e. The molecule has 1 aromatic heterocycles. The molecule has 0 radical (unpaired) electrons. The Hall–Kier alpha value is -4.88. The topological polar surface area (TPSA) is 4.93 Å². The van der Waals surface area contributed by atoms with Gasteiger partial charge in [0.1, 0.15) is 0 Å². The molecule has 1 heterocycles. The highest BCUT2D eigenvalue weighted by Gasteiger charge is 2.36. The maximum Gasteiger partial charge on any atom is 0.0544 e. The van der Waals surface area contributed by atoms with E-state index in [-0.39, 0.29) is 5.41 Å². The van der Waals surface area contributed by atoms with Gasteiger partial charge in [0.2, 0.25) is 0 Å². The number of allylic oxidation sites excluding steroid dienone is 6. The Labute approximate surface area is 241 Å². The molecule has 0 aliphatic heterocycles. The molecule has 0 spiro atoms. The van der Waals surface area contributed by atoms with Gasteiger partial charge in [0.15, 0.2) is 0 Å². The zero-order valence-corrected chi connectivity index (χ0v) is 23.4. The zero-order valence-electron chi connectivity index (χ0n) is 23.4. The Balaban J connectivity index is 1.45. The fourth-order valence-electron chi connectivity index (χ4n) is 6.92. The van der Waals surface area contributed by atoms with E-state index in [1.54, 1.807) is 0 Å². The first-order valence-electron chi connectivity index (χ1n) is 14.5. The lowest BCUT2D eigenvalue weighted by Crippen LogP contribution is -2.15. The van der Waals surface area contributed by atoms with Gasteiger partial charge in [-0.25, -0.2) is 0 Å². The van der Waals surface area contributed by atoms with Crippen molar-refractivity contribution < 1.29 is 0 Å². The SMILES string of the molecule is CC1(C)c2ccccc2-c2cc3c4ccccc4n(-c4cc(C5=CC=CCC=C5)cc(-c5ccccc5)c4)c3cc21. The summed E-state index contributed by atoms with van der Waals surface area (Å²) in [4.78, 5) is 0.